The lowest BCUT2D eigenvalue weighted by Crippen LogP contribution is -2.47. The number of rotatable bonds is 5. The number of aromatic amines is 1. The van der Waals surface area contributed by atoms with Gasteiger partial charge in [0, 0.05) is 56.0 Å². The average molecular weight is 428 g/mol. The van der Waals surface area contributed by atoms with Crippen LogP contribution in [0.2, 0.25) is 0 Å². The Morgan fingerprint density at radius 2 is 1.90 bits per heavy atom. The molecule has 0 saturated heterocycles. The zero-order valence-corrected chi connectivity index (χ0v) is 19.1. The van der Waals surface area contributed by atoms with Crippen molar-refractivity contribution in [2.24, 2.45) is 5.92 Å². The Hall–Kier alpha value is -2.41. The number of aliphatic hydroxyl groups excluding tert-OH is 2. The van der Waals surface area contributed by atoms with E-state index in [1.54, 1.807) is 0 Å². The molecule has 1 aromatic carbocycles. The number of H-pyrrole nitrogens is 1. The summed E-state index contributed by atoms with van der Waals surface area (Å²) < 4.78 is 0. The van der Waals surface area contributed by atoms with Crippen LogP contribution in [0.3, 0.4) is 0 Å². The van der Waals surface area contributed by atoms with Crippen molar-refractivity contribution in [1.82, 2.24) is 14.8 Å². The molecule has 3 N–H and O–H groups in total. The molecule has 4 rings (SSSR count). The lowest BCUT2D eigenvalue weighted by Gasteiger charge is -2.40. The Morgan fingerprint density at radius 3 is 2.48 bits per heavy atom. The number of likely N-dealkylation sites (N-methyl/N-ethyl adjacent to an activating group) is 1. The maximum absolute atomic E-state index is 12.9. The predicted molar refractivity (Wildman–Crippen MR) is 128 cm³/mol. The Labute approximate surface area is 185 Å². The van der Waals surface area contributed by atoms with E-state index in [-0.39, 0.29) is 25.0 Å². The number of hydrogen-bond acceptors (Lipinski definition) is 4. The van der Waals surface area contributed by atoms with Crippen LogP contribution in [-0.2, 0) is 11.2 Å². The summed E-state index contributed by atoms with van der Waals surface area (Å²) >= 11 is 0. The fraction of sp³-hybridized carbons (Fsp3) is 0.480. The molecule has 1 amide bonds. The van der Waals surface area contributed by atoms with Gasteiger partial charge in [0.15, 0.2) is 0 Å². The minimum Gasteiger partial charge on any atom is -0.396 e. The zero-order valence-electron chi connectivity index (χ0n) is 19.1. The molecule has 1 aliphatic carbocycles. The first-order chi connectivity index (χ1) is 15.0. The summed E-state index contributed by atoms with van der Waals surface area (Å²) in [6.07, 6.45) is 5.91. The van der Waals surface area contributed by atoms with Crippen LogP contribution in [0.25, 0.3) is 16.5 Å². The Bertz CT molecular complexity index is 883. The van der Waals surface area contributed by atoms with Gasteiger partial charge in [-0.1, -0.05) is 18.2 Å². The van der Waals surface area contributed by atoms with Gasteiger partial charge in [-0.25, -0.2) is 0 Å². The predicted octanol–water partition coefficient (Wildman–Crippen LogP) is 3.07. The van der Waals surface area contributed by atoms with Crippen molar-refractivity contribution in [2.75, 3.05) is 39.9 Å². The molecule has 2 heterocycles. The third-order valence-electron chi connectivity index (χ3n) is 5.98. The molecule has 6 nitrogen and oxygen atoms in total. The van der Waals surface area contributed by atoms with E-state index in [1.165, 1.54) is 27.6 Å². The van der Waals surface area contributed by atoms with E-state index in [4.69, 9.17) is 10.2 Å². The molecule has 1 aliphatic heterocycles. The number of aliphatic hydroxyl groups is 2. The van der Waals surface area contributed by atoms with E-state index in [0.717, 1.165) is 26.1 Å². The van der Waals surface area contributed by atoms with Crippen LogP contribution in [0.15, 0.2) is 43.6 Å². The molecule has 0 saturated carbocycles. The average Bonchev–Trinajstić information content (AvgIpc) is 3.22. The number of fused-ring (bicyclic) bond motifs is 2. The molecule has 1 aromatic heterocycles. The quantitative estimate of drug-likeness (QED) is 0.641. The van der Waals surface area contributed by atoms with Crippen molar-refractivity contribution in [3.05, 3.63) is 54.8 Å². The fourth-order valence-electron chi connectivity index (χ4n) is 4.45. The van der Waals surface area contributed by atoms with Crippen molar-refractivity contribution in [3.63, 3.8) is 0 Å². The molecule has 2 aliphatic rings. The second kappa shape index (κ2) is 11.8. The summed E-state index contributed by atoms with van der Waals surface area (Å²) in [6, 6.07) is 6.82. The Kier molecular flexibility index (Phi) is 9.49. The number of nitrogens with one attached hydrogen (secondary N) is 1. The van der Waals surface area contributed by atoms with Crippen molar-refractivity contribution in [3.8, 4) is 0 Å². The van der Waals surface area contributed by atoms with Crippen LogP contribution in [0.5, 0.6) is 0 Å². The third kappa shape index (κ3) is 5.26. The van der Waals surface area contributed by atoms with E-state index in [0.29, 0.717) is 12.5 Å². The van der Waals surface area contributed by atoms with Crippen molar-refractivity contribution < 1.29 is 15.0 Å². The maximum atomic E-state index is 12.9. The molecule has 2 aromatic rings. The molecular weight excluding hydrogens is 390 g/mol. The van der Waals surface area contributed by atoms with Gasteiger partial charge in [0.25, 0.3) is 0 Å². The lowest BCUT2D eigenvalue weighted by molar-refractivity contribution is -0.134. The fourth-order valence-corrected chi connectivity index (χ4v) is 4.45. The van der Waals surface area contributed by atoms with Crippen molar-refractivity contribution in [1.29, 1.82) is 0 Å². The molecule has 0 fully saturated rings. The lowest BCUT2D eigenvalue weighted by atomic mass is 9.79. The van der Waals surface area contributed by atoms with Gasteiger partial charge in [-0.05, 0) is 56.5 Å². The van der Waals surface area contributed by atoms with Crippen molar-refractivity contribution >= 4 is 22.4 Å². The number of carbonyl (C=O) groups is 1. The van der Waals surface area contributed by atoms with Gasteiger partial charge in [0.2, 0.25) is 5.91 Å². The van der Waals surface area contributed by atoms with Crippen LogP contribution in [0.1, 0.15) is 31.4 Å². The second-order valence-corrected chi connectivity index (χ2v) is 7.74. The van der Waals surface area contributed by atoms with Gasteiger partial charge < -0.3 is 20.1 Å². The van der Waals surface area contributed by atoms with Gasteiger partial charge in [-0.3, -0.25) is 9.69 Å². The molecule has 31 heavy (non-hydrogen) atoms. The van der Waals surface area contributed by atoms with Crippen LogP contribution in [-0.4, -0.2) is 76.8 Å². The highest BCUT2D eigenvalue weighted by molar-refractivity contribution is 5.99. The summed E-state index contributed by atoms with van der Waals surface area (Å²) in [7, 11) is 2.15. The van der Waals surface area contributed by atoms with E-state index < -0.39 is 0 Å². The summed E-state index contributed by atoms with van der Waals surface area (Å²) in [5, 5.41) is 17.1. The SMILES string of the molecule is C=C.CCN(CC)C(=O)[C@@H]1C=C2c3cccc4[nH]cc(c34)C[C@H]2N(C)C1.OCCCO. The van der Waals surface area contributed by atoms with Crippen molar-refractivity contribution in [2.45, 2.75) is 32.7 Å². The Morgan fingerprint density at radius 1 is 1.23 bits per heavy atom. The highest BCUT2D eigenvalue weighted by Gasteiger charge is 2.36. The van der Waals surface area contributed by atoms with Crippen LogP contribution in [0.4, 0.5) is 0 Å². The molecular formula is C25H37N3O3. The molecule has 0 bridgehead atoms. The second-order valence-electron chi connectivity index (χ2n) is 7.74. The van der Waals surface area contributed by atoms with Gasteiger partial charge >= 0.3 is 0 Å². The first-order valence-corrected chi connectivity index (χ1v) is 11.1. The number of amides is 1. The maximum Gasteiger partial charge on any atom is 0.230 e. The van der Waals surface area contributed by atoms with Gasteiger partial charge in [0.1, 0.15) is 0 Å². The monoisotopic (exact) mass is 427 g/mol. The molecule has 0 unspecified atom stereocenters. The van der Waals surface area contributed by atoms with E-state index in [2.05, 4.69) is 74.4 Å². The van der Waals surface area contributed by atoms with Gasteiger partial charge in [-0.15, -0.1) is 13.2 Å². The number of aromatic nitrogens is 1. The van der Waals surface area contributed by atoms with Crippen LogP contribution in [0, 0.1) is 5.92 Å². The topological polar surface area (TPSA) is 79.8 Å². The number of nitrogens with zero attached hydrogens (tertiary/aromatic N) is 2. The molecule has 0 spiro atoms. The molecule has 2 atom stereocenters. The highest BCUT2D eigenvalue weighted by Crippen LogP contribution is 2.40. The molecule has 0 radical (unpaired) electrons. The first kappa shape index (κ1) is 24.9. The smallest absolute Gasteiger partial charge is 0.230 e. The standard InChI is InChI=1S/C20H25N3O.C3H8O2.C2H4/c1-4-23(5-2)20(24)14-9-16-15-7-6-8-17-19(15)13(11-21-17)10-18(16)22(3)12-14;4-2-1-3-5;1-2/h6-9,11,14,18,21H,4-5,10,12H2,1-3H3;4-5H,1-3H2;1-2H2/t14-,18-;;/m1../s1. The third-order valence-corrected chi connectivity index (χ3v) is 5.98. The molecule has 170 valence electrons. The summed E-state index contributed by atoms with van der Waals surface area (Å²) in [4.78, 5) is 20.6. The highest BCUT2D eigenvalue weighted by atomic mass is 16.3. The zero-order chi connectivity index (χ0) is 23.0. The molecule has 6 heteroatoms. The van der Waals surface area contributed by atoms with Gasteiger partial charge in [0.05, 0.1) is 5.92 Å². The first-order valence-electron chi connectivity index (χ1n) is 11.1. The minimum absolute atomic E-state index is 0.0445. The van der Waals surface area contributed by atoms with Crippen LogP contribution >= 0.6 is 0 Å². The summed E-state index contributed by atoms with van der Waals surface area (Å²) in [5.41, 5.74) is 5.21. The largest absolute Gasteiger partial charge is 0.396 e. The van der Waals surface area contributed by atoms with E-state index in [1.807, 2.05) is 4.90 Å². The van der Waals surface area contributed by atoms with E-state index >= 15 is 0 Å². The summed E-state index contributed by atoms with van der Waals surface area (Å²) in [6.45, 7) is 12.7. The van der Waals surface area contributed by atoms with E-state index in [9.17, 15) is 4.79 Å². The number of hydrogen-bond donors (Lipinski definition) is 3. The van der Waals surface area contributed by atoms with Gasteiger partial charge in [-0.2, -0.15) is 0 Å². The number of benzene rings is 1. The minimum atomic E-state index is -0.0445. The summed E-state index contributed by atoms with van der Waals surface area (Å²) in [5.74, 6) is 0.210. The Balaban J connectivity index is 0.000000432. The van der Waals surface area contributed by atoms with Crippen LogP contribution < -0.4 is 0 Å². The normalized spacial score (nSPS) is 19.3. The number of carbonyl (C=O) groups excluding carboxylic acids is 1.